The number of piperidine rings is 2. The Morgan fingerprint density at radius 3 is 1.67 bits per heavy atom. The lowest BCUT2D eigenvalue weighted by molar-refractivity contribution is 0.0882. The van der Waals surface area contributed by atoms with Crippen LogP contribution in [0.1, 0.15) is 108 Å². The first-order valence-electron chi connectivity index (χ1n) is 23.8. The Labute approximate surface area is 400 Å². The zero-order valence-electron chi connectivity index (χ0n) is 39.7. The van der Waals surface area contributed by atoms with E-state index in [4.69, 9.17) is 15.6 Å². The minimum Gasteiger partial charge on any atom is -0.396 e. The number of fused-ring (bicyclic) bond motifs is 2. The van der Waals surface area contributed by atoms with Crippen LogP contribution >= 0.6 is 0 Å². The third-order valence-electron chi connectivity index (χ3n) is 13.9. The molecule has 0 unspecified atom stereocenters. The number of hydrogen-bond acceptors (Lipinski definition) is 9. The molecule has 4 aromatic carbocycles. The Bertz CT molecular complexity index is 2440. The highest BCUT2D eigenvalue weighted by Crippen LogP contribution is 2.44. The second-order valence-corrected chi connectivity index (χ2v) is 18.1. The third kappa shape index (κ3) is 12.3. The number of ether oxygens (including phenoxy) is 1. The molecule has 2 spiro atoms. The topological polar surface area (TPSA) is 140 Å². The molecular formula is C52H64F6N6O5. The van der Waals surface area contributed by atoms with Crippen LogP contribution in [0.2, 0.25) is 0 Å². The molecule has 4 aliphatic rings. The van der Waals surface area contributed by atoms with Crippen molar-refractivity contribution < 1.29 is 50.6 Å². The average molecular weight is 967 g/mol. The zero-order valence-corrected chi connectivity index (χ0v) is 39.7. The fraction of sp³-hybridized carbons (Fsp3) is 0.481. The fourth-order valence-corrected chi connectivity index (χ4v) is 10.3. The summed E-state index contributed by atoms with van der Waals surface area (Å²) < 4.78 is 86.5. The van der Waals surface area contributed by atoms with Gasteiger partial charge < -0.3 is 40.9 Å². The Balaban J connectivity index is 0.000000192. The van der Waals surface area contributed by atoms with Crippen LogP contribution in [0.5, 0.6) is 0 Å². The number of carbonyl (C=O) groups excluding carboxylic acids is 3. The van der Waals surface area contributed by atoms with E-state index in [-0.39, 0.29) is 67.1 Å². The molecule has 0 atom stereocenters. The van der Waals surface area contributed by atoms with Gasteiger partial charge in [-0.25, -0.2) is 31.1 Å². The van der Waals surface area contributed by atoms with Crippen molar-refractivity contribution in [2.45, 2.75) is 102 Å². The summed E-state index contributed by atoms with van der Waals surface area (Å²) >= 11 is 0. The zero-order chi connectivity index (χ0) is 49.9. The summed E-state index contributed by atoms with van der Waals surface area (Å²) in [5.41, 5.74) is 8.74. The maximum Gasteiger partial charge on any atom is 0.317 e. The summed E-state index contributed by atoms with van der Waals surface area (Å²) in [6, 6.07) is 13.1. The first-order chi connectivity index (χ1) is 33.1. The predicted octanol–water partition coefficient (Wildman–Crippen LogP) is 8.55. The molecular weight excluding hydrogens is 903 g/mol. The van der Waals surface area contributed by atoms with Gasteiger partial charge in [0.1, 0.15) is 34.9 Å². The van der Waals surface area contributed by atoms with Gasteiger partial charge in [0.05, 0.1) is 5.54 Å². The molecule has 4 heterocycles. The van der Waals surface area contributed by atoms with Crippen LogP contribution in [0.25, 0.3) is 0 Å². The highest BCUT2D eigenvalue weighted by atomic mass is 19.2. The molecule has 0 aliphatic carbocycles. The van der Waals surface area contributed by atoms with Crippen LogP contribution in [0.3, 0.4) is 0 Å². The van der Waals surface area contributed by atoms with Crippen molar-refractivity contribution in [2.24, 2.45) is 5.73 Å². The van der Waals surface area contributed by atoms with E-state index in [0.29, 0.717) is 92.6 Å². The van der Waals surface area contributed by atoms with Gasteiger partial charge in [-0.15, -0.1) is 0 Å². The first kappa shape index (κ1) is 52.9. The number of rotatable bonds is 12. The lowest BCUT2D eigenvalue weighted by atomic mass is 9.76. The predicted molar refractivity (Wildman–Crippen MR) is 254 cm³/mol. The number of methoxy groups -OCH3 is 1. The Hall–Kier alpha value is -5.49. The molecule has 0 aromatic heterocycles. The monoisotopic (exact) mass is 966 g/mol. The van der Waals surface area contributed by atoms with Crippen molar-refractivity contribution in [3.63, 3.8) is 0 Å². The number of likely N-dealkylation sites (tertiary alicyclic amines) is 1. The fourth-order valence-electron chi connectivity index (χ4n) is 10.3. The molecule has 0 bridgehead atoms. The number of aliphatic hydroxyl groups is 1. The number of benzene rings is 4. The number of aryl methyl sites for hydroxylation is 2. The molecule has 69 heavy (non-hydrogen) atoms. The van der Waals surface area contributed by atoms with Gasteiger partial charge in [0.15, 0.2) is 11.6 Å². The van der Waals surface area contributed by atoms with Crippen LogP contribution in [0, 0.1) is 34.9 Å². The summed E-state index contributed by atoms with van der Waals surface area (Å²) in [5, 5.41) is 15.0. The molecule has 17 heteroatoms. The molecule has 4 aromatic rings. The number of carbonyl (C=O) groups is 3. The van der Waals surface area contributed by atoms with Gasteiger partial charge in [0, 0.05) is 124 Å². The largest absolute Gasteiger partial charge is 0.396 e. The second-order valence-electron chi connectivity index (χ2n) is 18.1. The molecule has 2 amide bonds. The Morgan fingerprint density at radius 2 is 1.17 bits per heavy atom. The summed E-state index contributed by atoms with van der Waals surface area (Å²) in [6.45, 7) is 8.80. The number of amides is 2. The molecule has 8 rings (SSSR count). The van der Waals surface area contributed by atoms with E-state index < -0.39 is 34.6 Å². The number of halogens is 6. The number of ketones is 2. The van der Waals surface area contributed by atoms with E-state index in [0.717, 1.165) is 56.0 Å². The van der Waals surface area contributed by atoms with Crippen molar-refractivity contribution in [2.75, 3.05) is 69.4 Å². The number of nitrogens with two attached hydrogens (primary N) is 1. The summed E-state index contributed by atoms with van der Waals surface area (Å²) in [7, 11) is 1.59. The van der Waals surface area contributed by atoms with E-state index in [1.165, 1.54) is 36.4 Å². The standard InChI is InChI=1S/C26H30F3N3O3.C15H19FN2O.C11H15F2NO/c1-2-32-23-6-5-19(27)13-20(23)24(34)15-26(32)7-9-31(10-8-26)25(35)30-16-18-12-17(4-3-11-33)21(28)14-22(18)29;1-2-18-13-4-3-11(16)9-12(13)14(19)10-15(18)5-7-17-8-6-15;1-15-4-2-3-8-5-9(7-14)11(13)6-10(8)12/h5-6,12-14,33H,2-4,7-11,15-16H2,1H3,(H,30,35);3-4,9,17H,2,5-8,10H2,1H3;5-6H,2-4,7,14H2,1H3. The number of urea groups is 1. The van der Waals surface area contributed by atoms with Gasteiger partial charge in [0.25, 0.3) is 0 Å². The molecule has 4 aliphatic heterocycles. The van der Waals surface area contributed by atoms with Crippen molar-refractivity contribution in [1.29, 1.82) is 0 Å². The SMILES string of the molecule is CCN1c2ccc(F)cc2C(=O)CC12CCN(C(=O)NCc1cc(CCCO)c(F)cc1F)CC2.CCN1c2ccc(F)cc2C(=O)CC12CCNCC2.COCCCc1cc(CN)c(F)cc1F. The second kappa shape index (κ2) is 23.9. The molecule has 0 radical (unpaired) electrons. The molecule has 5 N–H and O–H groups in total. The average Bonchev–Trinajstić information content (AvgIpc) is 3.33. The molecule has 11 nitrogen and oxygen atoms in total. The smallest absolute Gasteiger partial charge is 0.317 e. The Morgan fingerprint density at radius 1 is 0.696 bits per heavy atom. The van der Waals surface area contributed by atoms with Crippen LogP contribution in [0.15, 0.2) is 60.7 Å². The number of nitrogens with one attached hydrogen (secondary N) is 2. The maximum atomic E-state index is 14.2. The number of hydrogen-bond donors (Lipinski definition) is 4. The molecule has 0 saturated carbocycles. The number of aliphatic hydroxyl groups excluding tert-OH is 1. The van der Waals surface area contributed by atoms with Crippen molar-refractivity contribution in [1.82, 2.24) is 15.5 Å². The normalized spacial score (nSPS) is 16.9. The maximum absolute atomic E-state index is 14.2. The highest BCUT2D eigenvalue weighted by Gasteiger charge is 2.47. The van der Waals surface area contributed by atoms with Crippen molar-refractivity contribution in [3.05, 3.63) is 129 Å². The highest BCUT2D eigenvalue weighted by molar-refractivity contribution is 6.05. The van der Waals surface area contributed by atoms with Crippen LogP contribution in [0.4, 0.5) is 42.5 Å². The number of anilines is 2. The minimum atomic E-state index is -0.734. The first-order valence-corrected chi connectivity index (χ1v) is 23.8. The van der Waals surface area contributed by atoms with Crippen LogP contribution in [-0.4, -0.2) is 98.3 Å². The summed E-state index contributed by atoms with van der Waals surface area (Å²) in [6.07, 6.45) is 5.77. The van der Waals surface area contributed by atoms with Gasteiger partial charge in [0.2, 0.25) is 0 Å². The molecule has 2 saturated heterocycles. The van der Waals surface area contributed by atoms with Crippen molar-refractivity contribution >= 4 is 29.0 Å². The van der Waals surface area contributed by atoms with Crippen molar-refractivity contribution in [3.8, 4) is 0 Å². The minimum absolute atomic E-state index is 0.0675. The lowest BCUT2D eigenvalue weighted by Gasteiger charge is -2.52. The summed E-state index contributed by atoms with van der Waals surface area (Å²) in [5.74, 6) is -3.27. The summed E-state index contributed by atoms with van der Waals surface area (Å²) in [4.78, 5) is 44.1. The van der Waals surface area contributed by atoms with Gasteiger partial charge >= 0.3 is 6.03 Å². The van der Waals surface area contributed by atoms with E-state index in [1.54, 1.807) is 24.1 Å². The number of nitrogens with zero attached hydrogens (tertiary/aromatic N) is 3. The quantitative estimate of drug-likeness (QED) is 0.0813. The number of Topliss-reactive ketones (excluding diaryl/α,β-unsaturated/α-hetero) is 2. The third-order valence-corrected chi connectivity index (χ3v) is 13.9. The van der Waals surface area contributed by atoms with E-state index >= 15 is 0 Å². The van der Waals surface area contributed by atoms with Crippen LogP contribution in [-0.2, 0) is 30.7 Å². The van der Waals surface area contributed by atoms with Gasteiger partial charge in [-0.2, -0.15) is 0 Å². The Kier molecular flexibility index (Phi) is 18.3. The molecule has 374 valence electrons. The van der Waals surface area contributed by atoms with E-state index in [2.05, 4.69) is 27.4 Å². The molecule has 2 fully saturated rings. The van der Waals surface area contributed by atoms with Gasteiger partial charge in [-0.3, -0.25) is 9.59 Å². The van der Waals surface area contributed by atoms with Gasteiger partial charge in [-0.1, -0.05) is 0 Å². The van der Waals surface area contributed by atoms with Gasteiger partial charge in [-0.05, 0) is 138 Å². The van der Waals surface area contributed by atoms with E-state index in [9.17, 15) is 40.7 Å². The van der Waals surface area contributed by atoms with Crippen LogP contribution < -0.4 is 26.2 Å². The lowest BCUT2D eigenvalue weighted by Crippen LogP contribution is -2.60. The van der Waals surface area contributed by atoms with E-state index in [1.807, 2.05) is 6.92 Å².